The molecule has 2 aromatic rings. The summed E-state index contributed by atoms with van der Waals surface area (Å²) in [7, 11) is 1.54. The number of para-hydroxylation sites is 2. The van der Waals surface area contributed by atoms with E-state index in [9.17, 15) is 14.7 Å². The molecule has 2 aliphatic rings. The minimum Gasteiger partial charge on any atom is -0.495 e. The summed E-state index contributed by atoms with van der Waals surface area (Å²) in [6, 6.07) is 10.4. The molecule has 1 aromatic heterocycles. The van der Waals surface area contributed by atoms with Crippen LogP contribution in [0.1, 0.15) is 24.8 Å². The highest BCUT2D eigenvalue weighted by molar-refractivity contribution is 5.91. The first-order valence-corrected chi connectivity index (χ1v) is 12.3. The number of hydrogen-bond donors (Lipinski definition) is 3. The van der Waals surface area contributed by atoms with Crippen LogP contribution in [0.4, 0.5) is 10.5 Å². The average molecular weight is 499 g/mol. The smallest absolute Gasteiger partial charge is 0.322 e. The zero-order valence-corrected chi connectivity index (χ0v) is 20.5. The molecule has 0 unspecified atom stereocenters. The van der Waals surface area contributed by atoms with Crippen LogP contribution in [0.5, 0.6) is 5.75 Å². The minimum atomic E-state index is -0.807. The molecule has 3 amide bonds. The first kappa shape index (κ1) is 25.9. The van der Waals surface area contributed by atoms with Crippen molar-refractivity contribution in [3.8, 4) is 5.75 Å². The third kappa shape index (κ3) is 6.93. The summed E-state index contributed by atoms with van der Waals surface area (Å²) in [6.45, 7) is 0.997. The predicted molar refractivity (Wildman–Crippen MR) is 133 cm³/mol. The van der Waals surface area contributed by atoms with E-state index >= 15 is 0 Å². The van der Waals surface area contributed by atoms with E-state index in [1.165, 1.54) is 0 Å². The van der Waals surface area contributed by atoms with Crippen LogP contribution < -0.4 is 15.4 Å². The fraction of sp³-hybridized carbons (Fsp3) is 0.500. The van der Waals surface area contributed by atoms with Crippen molar-refractivity contribution in [3.05, 3.63) is 54.4 Å². The molecule has 3 N–H and O–H groups in total. The maximum absolute atomic E-state index is 13.3. The van der Waals surface area contributed by atoms with Crippen molar-refractivity contribution >= 4 is 17.6 Å². The topological polar surface area (TPSA) is 122 Å². The van der Waals surface area contributed by atoms with Gasteiger partial charge in [0.25, 0.3) is 0 Å². The van der Waals surface area contributed by atoms with E-state index in [0.29, 0.717) is 30.8 Å². The largest absolute Gasteiger partial charge is 0.495 e. The summed E-state index contributed by atoms with van der Waals surface area (Å²) >= 11 is 0. The Morgan fingerprint density at radius 2 is 1.97 bits per heavy atom. The number of carbonyl (C=O) groups excluding carboxylic acids is 2. The van der Waals surface area contributed by atoms with Crippen LogP contribution in [0.25, 0.3) is 0 Å². The van der Waals surface area contributed by atoms with Crippen molar-refractivity contribution in [3.63, 3.8) is 0 Å². The van der Waals surface area contributed by atoms with Gasteiger partial charge in [-0.05, 0) is 49.1 Å². The van der Waals surface area contributed by atoms with Crippen molar-refractivity contribution in [1.82, 2.24) is 15.2 Å². The van der Waals surface area contributed by atoms with Gasteiger partial charge in [-0.15, -0.1) is 0 Å². The number of pyridine rings is 1. The van der Waals surface area contributed by atoms with E-state index in [-0.39, 0.29) is 50.3 Å². The fourth-order valence-corrected chi connectivity index (χ4v) is 4.68. The molecular formula is C26H34N4O6. The molecule has 10 heteroatoms. The highest BCUT2D eigenvalue weighted by Gasteiger charge is 2.40. The van der Waals surface area contributed by atoms with E-state index < -0.39 is 12.2 Å². The Bertz CT molecular complexity index is 1010. The Labute approximate surface area is 210 Å². The Morgan fingerprint density at radius 1 is 1.17 bits per heavy atom. The quantitative estimate of drug-likeness (QED) is 0.534. The number of nitrogens with one attached hydrogen (secondary N) is 2. The zero-order chi connectivity index (χ0) is 25.3. The number of hydrogen-bond acceptors (Lipinski definition) is 7. The molecule has 2 fully saturated rings. The van der Waals surface area contributed by atoms with Crippen LogP contribution in [0.15, 0.2) is 48.8 Å². The molecule has 1 aromatic carbocycles. The molecule has 0 radical (unpaired) electrons. The maximum Gasteiger partial charge on any atom is 0.322 e. The Morgan fingerprint density at radius 3 is 2.78 bits per heavy atom. The Balaban J connectivity index is 1.34. The molecule has 0 aliphatic carbocycles. The second-order valence-corrected chi connectivity index (χ2v) is 9.07. The molecule has 36 heavy (non-hydrogen) atoms. The zero-order valence-electron chi connectivity index (χ0n) is 20.5. The SMILES string of the molecule is COc1ccccc1NC(=O)N1C[C@@H](O)COC[C@@H]2O[C@@H](CC(=O)NCCc3ccncc3)CC[C@H]21. The van der Waals surface area contributed by atoms with Gasteiger partial charge in [-0.3, -0.25) is 9.78 Å². The highest BCUT2D eigenvalue weighted by atomic mass is 16.5. The average Bonchev–Trinajstić information content (AvgIpc) is 2.87. The lowest BCUT2D eigenvalue weighted by molar-refractivity contribution is -0.149. The molecule has 2 saturated heterocycles. The molecule has 4 rings (SSSR count). The standard InChI is InChI=1S/C26H34N4O6/c1-34-23-5-3-2-4-21(23)29-26(33)30-15-19(31)16-35-17-24-22(30)7-6-20(36-24)14-25(32)28-13-10-18-8-11-27-12-9-18/h2-5,8-9,11-12,19-20,22,24,31H,6-7,10,13-17H2,1H3,(H,28,32)(H,29,33)/t19-,20-,22-,24+/m1/s1. The van der Waals surface area contributed by atoms with Crippen molar-refractivity contribution in [1.29, 1.82) is 0 Å². The summed E-state index contributed by atoms with van der Waals surface area (Å²) in [4.78, 5) is 31.4. The molecule has 2 aliphatic heterocycles. The third-order valence-electron chi connectivity index (χ3n) is 6.49. The lowest BCUT2D eigenvalue weighted by Crippen LogP contribution is -2.58. The van der Waals surface area contributed by atoms with E-state index in [2.05, 4.69) is 15.6 Å². The molecule has 0 bridgehead atoms. The van der Waals surface area contributed by atoms with Crippen LogP contribution in [0.3, 0.4) is 0 Å². The van der Waals surface area contributed by atoms with Crippen LogP contribution in [-0.4, -0.2) is 84.7 Å². The number of methoxy groups -OCH3 is 1. The molecule has 4 atom stereocenters. The maximum atomic E-state index is 13.3. The molecule has 0 spiro atoms. The number of ether oxygens (including phenoxy) is 3. The van der Waals surface area contributed by atoms with Gasteiger partial charge in [-0.25, -0.2) is 4.79 Å². The second kappa shape index (κ2) is 12.7. The number of anilines is 1. The summed E-state index contributed by atoms with van der Waals surface area (Å²) in [6.07, 6.45) is 4.23. The summed E-state index contributed by atoms with van der Waals surface area (Å²) in [5, 5.41) is 16.2. The number of amides is 3. The van der Waals surface area contributed by atoms with Gasteiger partial charge in [-0.2, -0.15) is 0 Å². The first-order valence-electron chi connectivity index (χ1n) is 12.3. The second-order valence-electron chi connectivity index (χ2n) is 9.07. The van der Waals surface area contributed by atoms with Crippen LogP contribution >= 0.6 is 0 Å². The van der Waals surface area contributed by atoms with Crippen LogP contribution in [0, 0.1) is 0 Å². The predicted octanol–water partition coefficient (Wildman–Crippen LogP) is 1.98. The number of β-amino-alcohol motifs (C(OH)–C–C–N with tert-alkyl or cyclic N) is 1. The van der Waals surface area contributed by atoms with Gasteiger partial charge >= 0.3 is 6.03 Å². The number of benzene rings is 1. The normalized spacial score (nSPS) is 24.1. The summed E-state index contributed by atoms with van der Waals surface area (Å²) in [5.41, 5.74) is 1.66. The van der Waals surface area contributed by atoms with Crippen molar-refractivity contribution < 1.29 is 28.9 Å². The molecule has 3 heterocycles. The monoisotopic (exact) mass is 498 g/mol. The van der Waals surface area contributed by atoms with E-state index in [0.717, 1.165) is 12.0 Å². The van der Waals surface area contributed by atoms with E-state index in [1.54, 1.807) is 36.5 Å². The van der Waals surface area contributed by atoms with Gasteiger partial charge in [0, 0.05) is 18.9 Å². The van der Waals surface area contributed by atoms with Gasteiger partial charge in [-0.1, -0.05) is 12.1 Å². The lowest BCUT2D eigenvalue weighted by atomic mass is 9.95. The number of aliphatic hydroxyl groups is 1. The number of urea groups is 1. The lowest BCUT2D eigenvalue weighted by Gasteiger charge is -2.44. The molecule has 0 saturated carbocycles. The number of nitrogens with zero attached hydrogens (tertiary/aromatic N) is 2. The molecule has 10 nitrogen and oxygen atoms in total. The number of rotatable bonds is 7. The third-order valence-corrected chi connectivity index (χ3v) is 6.49. The van der Waals surface area contributed by atoms with E-state index in [4.69, 9.17) is 14.2 Å². The Kier molecular flexibility index (Phi) is 9.10. The molecule has 194 valence electrons. The number of fused-ring (bicyclic) bond motifs is 1. The van der Waals surface area contributed by atoms with Crippen molar-refractivity contribution in [2.45, 2.75) is 50.0 Å². The fourth-order valence-electron chi connectivity index (χ4n) is 4.68. The Hall–Kier alpha value is -3.21. The first-order chi connectivity index (χ1) is 17.5. The van der Waals surface area contributed by atoms with Crippen LogP contribution in [0.2, 0.25) is 0 Å². The summed E-state index contributed by atoms with van der Waals surface area (Å²) < 4.78 is 17.2. The van der Waals surface area contributed by atoms with Crippen LogP contribution in [-0.2, 0) is 20.7 Å². The summed E-state index contributed by atoms with van der Waals surface area (Å²) in [5.74, 6) is 0.480. The van der Waals surface area contributed by atoms with Crippen molar-refractivity contribution in [2.24, 2.45) is 0 Å². The highest BCUT2D eigenvalue weighted by Crippen LogP contribution is 2.29. The van der Waals surface area contributed by atoms with Gasteiger partial charge < -0.3 is 34.9 Å². The van der Waals surface area contributed by atoms with Gasteiger partial charge in [0.2, 0.25) is 5.91 Å². The van der Waals surface area contributed by atoms with Gasteiger partial charge in [0.05, 0.1) is 57.2 Å². The van der Waals surface area contributed by atoms with Gasteiger partial charge in [0.15, 0.2) is 0 Å². The van der Waals surface area contributed by atoms with E-state index in [1.807, 2.05) is 24.3 Å². The minimum absolute atomic E-state index is 0.0690. The van der Waals surface area contributed by atoms with Crippen molar-refractivity contribution in [2.75, 3.05) is 38.7 Å². The molecular weight excluding hydrogens is 464 g/mol. The number of aliphatic hydroxyl groups excluding tert-OH is 1. The number of carbonyl (C=O) groups is 2. The van der Waals surface area contributed by atoms with Gasteiger partial charge in [0.1, 0.15) is 11.9 Å². The number of aromatic nitrogens is 1.